The predicted molar refractivity (Wildman–Crippen MR) is 45.1 cm³/mol. The smallest absolute Gasteiger partial charge is 0.240 e. The Morgan fingerprint density at radius 2 is 2.08 bits per heavy atom. The van der Waals surface area contributed by atoms with Crippen LogP contribution in [0, 0.1) is 0 Å². The van der Waals surface area contributed by atoms with Crippen LogP contribution in [0.4, 0.5) is 0 Å². The molecule has 0 aliphatic heterocycles. The van der Waals surface area contributed by atoms with Crippen LogP contribution in [0.15, 0.2) is 18.7 Å². The van der Waals surface area contributed by atoms with Crippen molar-refractivity contribution >= 4 is 0 Å². The van der Waals surface area contributed by atoms with Crippen molar-refractivity contribution in [2.75, 3.05) is 0 Å². The van der Waals surface area contributed by atoms with E-state index in [-0.39, 0.29) is 24.0 Å². The Bertz CT molecular complexity index is 208. The summed E-state index contributed by atoms with van der Waals surface area (Å²) in [4.78, 5) is 0. The molecule has 0 N–H and O–H groups in total. The van der Waals surface area contributed by atoms with Crippen molar-refractivity contribution in [3.05, 3.63) is 18.7 Å². The lowest BCUT2D eigenvalue weighted by molar-refractivity contribution is -0.696. The Kier molecular flexibility index (Phi) is 6.42. The number of halogens is 1. The highest BCUT2D eigenvalue weighted by molar-refractivity contribution is 4.61. The summed E-state index contributed by atoms with van der Waals surface area (Å²) in [6.07, 6.45) is 10.2. The van der Waals surface area contributed by atoms with E-state index in [0.717, 1.165) is 6.54 Å². The minimum absolute atomic E-state index is 0. The highest BCUT2D eigenvalue weighted by Crippen LogP contribution is 1.92. The molecule has 0 spiro atoms. The third-order valence-electron chi connectivity index (χ3n) is 1.84. The Morgan fingerprint density at radius 1 is 1.33 bits per heavy atom. The molecular formula is C9H17IN2+2. The average Bonchev–Trinajstić information content (AvgIpc) is 2.37. The molecule has 2 nitrogen and oxygen atoms in total. The van der Waals surface area contributed by atoms with Gasteiger partial charge in [-0.05, 0) is 12.8 Å². The molecule has 0 fully saturated rings. The first-order valence-corrected chi connectivity index (χ1v) is 4.34. The zero-order chi connectivity index (χ0) is 8.10. The second kappa shape index (κ2) is 6.46. The maximum atomic E-state index is 2.23. The first kappa shape index (κ1) is 11.9. The SMILES string of the molecule is CCCCC[n+]1ccn(C)c1.[I+]. The molecule has 1 aromatic rings. The molecule has 0 amide bonds. The Labute approximate surface area is 91.6 Å². The van der Waals surface area contributed by atoms with Crippen LogP contribution in [0.5, 0.6) is 0 Å². The maximum Gasteiger partial charge on any atom is 1.00 e. The van der Waals surface area contributed by atoms with Crippen LogP contribution in [0.25, 0.3) is 0 Å². The number of aryl methyl sites for hydroxylation is 2. The van der Waals surface area contributed by atoms with E-state index >= 15 is 0 Å². The number of hydrogen-bond donors (Lipinski definition) is 0. The molecule has 2 radical (unpaired) electrons. The minimum atomic E-state index is 0. The van der Waals surface area contributed by atoms with Crippen molar-refractivity contribution in [1.82, 2.24) is 4.57 Å². The van der Waals surface area contributed by atoms with Gasteiger partial charge in [0.2, 0.25) is 6.33 Å². The summed E-state index contributed by atoms with van der Waals surface area (Å²) in [6, 6.07) is 0. The zero-order valence-corrected chi connectivity index (χ0v) is 9.99. The molecule has 1 rings (SSSR count). The van der Waals surface area contributed by atoms with Gasteiger partial charge < -0.3 is 0 Å². The number of nitrogens with zero attached hydrogens (tertiary/aromatic N) is 2. The summed E-state index contributed by atoms with van der Waals surface area (Å²) in [5, 5.41) is 0. The highest BCUT2D eigenvalue weighted by Gasteiger charge is 1.97. The van der Waals surface area contributed by atoms with Crippen LogP contribution in [-0.2, 0) is 13.6 Å². The van der Waals surface area contributed by atoms with Crippen molar-refractivity contribution in [1.29, 1.82) is 0 Å². The molecule has 12 heavy (non-hydrogen) atoms. The first-order valence-electron chi connectivity index (χ1n) is 4.34. The molecule has 0 atom stereocenters. The molecule has 0 unspecified atom stereocenters. The number of hydrogen-bond acceptors (Lipinski definition) is 0. The largest absolute Gasteiger partial charge is 1.00 e. The van der Waals surface area contributed by atoms with Crippen molar-refractivity contribution in [3.8, 4) is 0 Å². The Hall–Kier alpha value is -0.0600. The first-order chi connectivity index (χ1) is 5.33. The van der Waals surface area contributed by atoms with Crippen LogP contribution in [0.1, 0.15) is 26.2 Å². The molecule has 0 aliphatic carbocycles. The molecule has 1 heterocycles. The summed E-state index contributed by atoms with van der Waals surface area (Å²) < 4.78 is 4.31. The molecule has 3 heteroatoms. The van der Waals surface area contributed by atoms with E-state index in [1.165, 1.54) is 19.3 Å². The standard InChI is InChI=1S/C9H17N2.I/c1-3-4-5-6-11-8-7-10(2)9-11;/h7-9H,3-6H2,1-2H3;/q2*+1. The van der Waals surface area contributed by atoms with Gasteiger partial charge in [0.25, 0.3) is 0 Å². The van der Waals surface area contributed by atoms with Gasteiger partial charge in [0, 0.05) is 0 Å². The zero-order valence-electron chi connectivity index (χ0n) is 7.83. The van der Waals surface area contributed by atoms with E-state index in [0.29, 0.717) is 0 Å². The molecule has 68 valence electrons. The molecule has 0 bridgehead atoms. The van der Waals surface area contributed by atoms with Gasteiger partial charge >= 0.3 is 24.0 Å². The summed E-state index contributed by atoms with van der Waals surface area (Å²) >= 11 is 0. The Morgan fingerprint density at radius 3 is 2.58 bits per heavy atom. The molecule has 1 aromatic heterocycles. The molecule has 0 saturated carbocycles. The number of rotatable bonds is 4. The fourth-order valence-corrected chi connectivity index (χ4v) is 1.18. The summed E-state index contributed by atoms with van der Waals surface area (Å²) in [7, 11) is 2.05. The van der Waals surface area contributed by atoms with Gasteiger partial charge in [0.05, 0.1) is 13.6 Å². The van der Waals surface area contributed by atoms with Crippen LogP contribution in [0.3, 0.4) is 0 Å². The topological polar surface area (TPSA) is 8.81 Å². The van der Waals surface area contributed by atoms with Gasteiger partial charge in [-0.25, -0.2) is 9.13 Å². The van der Waals surface area contributed by atoms with Crippen molar-refractivity contribution < 1.29 is 28.5 Å². The number of unbranched alkanes of at least 4 members (excludes halogenated alkanes) is 2. The van der Waals surface area contributed by atoms with E-state index in [2.05, 4.69) is 41.8 Å². The summed E-state index contributed by atoms with van der Waals surface area (Å²) in [6.45, 7) is 3.39. The number of aromatic nitrogens is 2. The second-order valence-corrected chi connectivity index (χ2v) is 3.02. The minimum Gasteiger partial charge on any atom is -0.240 e. The van der Waals surface area contributed by atoms with E-state index in [9.17, 15) is 0 Å². The normalized spacial score (nSPS) is 9.50. The van der Waals surface area contributed by atoms with Crippen molar-refractivity contribution in [2.45, 2.75) is 32.7 Å². The van der Waals surface area contributed by atoms with E-state index in [4.69, 9.17) is 0 Å². The molecular weight excluding hydrogens is 263 g/mol. The van der Waals surface area contributed by atoms with Gasteiger partial charge in [-0.15, -0.1) is 0 Å². The van der Waals surface area contributed by atoms with E-state index in [1.807, 2.05) is 0 Å². The van der Waals surface area contributed by atoms with Gasteiger partial charge in [-0.2, -0.15) is 0 Å². The fourth-order valence-electron chi connectivity index (χ4n) is 1.18. The van der Waals surface area contributed by atoms with Crippen LogP contribution in [-0.4, -0.2) is 4.57 Å². The summed E-state index contributed by atoms with van der Waals surface area (Å²) in [5.74, 6) is 0. The molecule has 0 aromatic carbocycles. The third-order valence-corrected chi connectivity index (χ3v) is 1.84. The quantitative estimate of drug-likeness (QED) is 0.361. The van der Waals surface area contributed by atoms with Crippen LogP contribution >= 0.6 is 0 Å². The van der Waals surface area contributed by atoms with E-state index in [1.54, 1.807) is 0 Å². The predicted octanol–water partition coefficient (Wildman–Crippen LogP) is -1.49. The van der Waals surface area contributed by atoms with Gasteiger partial charge in [-0.3, -0.25) is 0 Å². The van der Waals surface area contributed by atoms with Crippen LogP contribution < -0.4 is 28.5 Å². The van der Waals surface area contributed by atoms with Crippen molar-refractivity contribution in [2.24, 2.45) is 7.05 Å². The third kappa shape index (κ3) is 4.09. The average molecular weight is 280 g/mol. The molecule has 0 saturated heterocycles. The number of imidazole rings is 1. The molecule has 0 aliphatic rings. The van der Waals surface area contributed by atoms with Gasteiger partial charge in [0.1, 0.15) is 12.4 Å². The Balaban J connectivity index is 0.00000121. The summed E-state index contributed by atoms with van der Waals surface area (Å²) in [5.41, 5.74) is 0. The highest BCUT2D eigenvalue weighted by atomic mass is 127. The lowest BCUT2D eigenvalue weighted by atomic mass is 10.2. The van der Waals surface area contributed by atoms with Crippen LogP contribution in [0.2, 0.25) is 0 Å². The lowest BCUT2D eigenvalue weighted by Crippen LogP contribution is -3.00. The van der Waals surface area contributed by atoms with Crippen molar-refractivity contribution in [3.63, 3.8) is 0 Å². The maximum absolute atomic E-state index is 2.23. The van der Waals surface area contributed by atoms with Gasteiger partial charge in [-0.1, -0.05) is 13.3 Å². The second-order valence-electron chi connectivity index (χ2n) is 3.02. The van der Waals surface area contributed by atoms with Gasteiger partial charge in [0.15, 0.2) is 0 Å². The lowest BCUT2D eigenvalue weighted by Gasteiger charge is -1.93. The monoisotopic (exact) mass is 280 g/mol. The van der Waals surface area contributed by atoms with E-state index < -0.39 is 0 Å². The fraction of sp³-hybridized carbons (Fsp3) is 0.667.